The van der Waals surface area contributed by atoms with Crippen LogP contribution in [0.15, 0.2) is 60.8 Å². The van der Waals surface area contributed by atoms with Crippen LogP contribution < -0.4 is 15.6 Å². The zero-order valence-corrected chi connectivity index (χ0v) is 17.7. The zero-order valence-electron chi connectivity index (χ0n) is 15.7. The van der Waals surface area contributed by atoms with Gasteiger partial charge in [-0.2, -0.15) is 0 Å². The molecule has 1 aliphatic rings. The van der Waals surface area contributed by atoms with Crippen LogP contribution in [0.25, 0.3) is 22.4 Å². The fourth-order valence-electron chi connectivity index (χ4n) is 4.11. The largest absolute Gasteiger partial charge is 0.256 e. The maximum atomic E-state index is 4.78. The van der Waals surface area contributed by atoms with Crippen molar-refractivity contribution >= 4 is 31.7 Å². The minimum Gasteiger partial charge on any atom is -0.256 e. The number of rotatable bonds is 2. The predicted octanol–water partition coefficient (Wildman–Crippen LogP) is 4.10. The zero-order chi connectivity index (χ0) is 17.8. The fraction of sp³-hybridized carbons (Fsp3) is 0.227. The van der Waals surface area contributed by atoms with Gasteiger partial charge in [0.15, 0.2) is 0 Å². The van der Waals surface area contributed by atoms with E-state index in [0.717, 1.165) is 0 Å². The molecule has 126 valence electrons. The summed E-state index contributed by atoms with van der Waals surface area (Å²) in [6, 6.07) is 20.4. The highest BCUT2D eigenvalue weighted by atomic mass is 28.3. The van der Waals surface area contributed by atoms with E-state index in [1.807, 2.05) is 6.20 Å². The van der Waals surface area contributed by atoms with Crippen molar-refractivity contribution in [3.8, 4) is 22.4 Å². The Hall–Kier alpha value is -1.98. The van der Waals surface area contributed by atoms with Gasteiger partial charge in [-0.05, 0) is 38.8 Å². The quantitative estimate of drug-likeness (QED) is 0.628. The monoisotopic (exact) mass is 359 g/mol. The number of hydrogen-bond acceptors (Lipinski definition) is 1. The van der Waals surface area contributed by atoms with Crippen molar-refractivity contribution in [3.05, 3.63) is 60.8 Å². The first-order chi connectivity index (χ1) is 11.8. The summed E-state index contributed by atoms with van der Waals surface area (Å²) in [6.45, 7) is 12.1. The molecular weight excluding hydrogens is 334 g/mol. The van der Waals surface area contributed by atoms with Crippen LogP contribution in [-0.4, -0.2) is 21.1 Å². The molecule has 2 heterocycles. The third kappa shape index (κ3) is 2.53. The van der Waals surface area contributed by atoms with E-state index in [1.54, 1.807) is 10.4 Å². The van der Waals surface area contributed by atoms with Crippen molar-refractivity contribution in [2.45, 2.75) is 32.7 Å². The van der Waals surface area contributed by atoms with Crippen molar-refractivity contribution in [1.29, 1.82) is 0 Å². The van der Waals surface area contributed by atoms with Gasteiger partial charge in [-0.3, -0.25) is 4.98 Å². The maximum Gasteiger partial charge on any atom is 0.113 e. The molecule has 0 atom stereocenters. The molecule has 1 nitrogen and oxygen atoms in total. The molecule has 3 heteroatoms. The Labute approximate surface area is 152 Å². The first kappa shape index (κ1) is 16.5. The fourth-order valence-corrected chi connectivity index (χ4v) is 8.70. The number of fused-ring (bicyclic) bond motifs is 3. The summed E-state index contributed by atoms with van der Waals surface area (Å²) < 4.78 is 0. The van der Waals surface area contributed by atoms with Gasteiger partial charge in [0.1, 0.15) is 8.07 Å². The average Bonchev–Trinajstić information content (AvgIpc) is 2.82. The summed E-state index contributed by atoms with van der Waals surface area (Å²) in [4.78, 5) is 4.78. The van der Waals surface area contributed by atoms with E-state index in [2.05, 4.69) is 87.3 Å². The number of pyridine rings is 1. The van der Waals surface area contributed by atoms with Crippen molar-refractivity contribution < 1.29 is 0 Å². The van der Waals surface area contributed by atoms with Gasteiger partial charge in [0, 0.05) is 11.8 Å². The lowest BCUT2D eigenvalue weighted by Gasteiger charge is -2.21. The van der Waals surface area contributed by atoms with E-state index in [4.69, 9.17) is 4.98 Å². The van der Waals surface area contributed by atoms with Crippen molar-refractivity contribution in [1.82, 2.24) is 4.98 Å². The van der Waals surface area contributed by atoms with Gasteiger partial charge < -0.3 is 0 Å². The van der Waals surface area contributed by atoms with E-state index < -0.39 is 16.1 Å². The molecule has 2 aromatic carbocycles. The highest BCUT2D eigenvalue weighted by Gasteiger charge is 2.37. The molecule has 4 rings (SSSR count). The molecule has 0 radical (unpaired) electrons. The Morgan fingerprint density at radius 3 is 2.28 bits per heavy atom. The average molecular weight is 360 g/mol. The van der Waals surface area contributed by atoms with E-state index in [-0.39, 0.29) is 0 Å². The third-order valence-electron chi connectivity index (χ3n) is 5.47. The highest BCUT2D eigenvalue weighted by Crippen LogP contribution is 2.31. The number of benzene rings is 2. The smallest absolute Gasteiger partial charge is 0.113 e. The SMILES string of the molecule is C[Si](C)(C)c1cccnc1-c1ccc2c(c1)-c1ccccc1[Si]2(C)C. The number of nitrogens with zero attached hydrogens (tertiary/aromatic N) is 1. The third-order valence-corrected chi connectivity index (χ3v) is 11.1. The van der Waals surface area contributed by atoms with Crippen LogP contribution >= 0.6 is 0 Å². The van der Waals surface area contributed by atoms with Crippen LogP contribution in [0.4, 0.5) is 0 Å². The summed E-state index contributed by atoms with van der Waals surface area (Å²) >= 11 is 0. The van der Waals surface area contributed by atoms with Crippen molar-refractivity contribution in [3.63, 3.8) is 0 Å². The summed E-state index contributed by atoms with van der Waals surface area (Å²) in [5.41, 5.74) is 5.30. The van der Waals surface area contributed by atoms with Crippen LogP contribution in [0.3, 0.4) is 0 Å². The number of aromatic nitrogens is 1. The van der Waals surface area contributed by atoms with E-state index in [9.17, 15) is 0 Å². The lowest BCUT2D eigenvalue weighted by molar-refractivity contribution is 1.34. The molecule has 0 spiro atoms. The summed E-state index contributed by atoms with van der Waals surface area (Å²) in [5.74, 6) is 0. The number of hydrogen-bond donors (Lipinski definition) is 0. The molecule has 0 aliphatic carbocycles. The summed E-state index contributed by atoms with van der Waals surface area (Å²) in [7, 11) is -3.01. The first-order valence-electron chi connectivity index (χ1n) is 9.00. The minimum absolute atomic E-state index is 1.17. The van der Waals surface area contributed by atoms with Gasteiger partial charge in [0.05, 0.1) is 13.8 Å². The Bertz CT molecular complexity index is 968. The lowest BCUT2D eigenvalue weighted by Crippen LogP contribution is -2.49. The Morgan fingerprint density at radius 2 is 1.52 bits per heavy atom. The van der Waals surface area contributed by atoms with Gasteiger partial charge in [-0.1, -0.05) is 75.2 Å². The van der Waals surface area contributed by atoms with Crippen LogP contribution in [0.2, 0.25) is 32.7 Å². The van der Waals surface area contributed by atoms with Gasteiger partial charge in [-0.15, -0.1) is 0 Å². The Morgan fingerprint density at radius 1 is 0.800 bits per heavy atom. The molecule has 3 aromatic rings. The van der Waals surface area contributed by atoms with Gasteiger partial charge in [0.25, 0.3) is 0 Å². The molecule has 0 unspecified atom stereocenters. The van der Waals surface area contributed by atoms with Gasteiger partial charge in [0.2, 0.25) is 0 Å². The van der Waals surface area contributed by atoms with Crippen molar-refractivity contribution in [2.24, 2.45) is 0 Å². The molecule has 0 fully saturated rings. The minimum atomic E-state index is -1.57. The molecule has 0 N–H and O–H groups in total. The second-order valence-electron chi connectivity index (χ2n) is 8.58. The van der Waals surface area contributed by atoms with E-state index in [1.165, 1.54) is 27.6 Å². The standard InChI is InChI=1S/C22H25NSi2/c1-24(2,3)21-11-8-14-23-22(21)16-12-13-20-18(15-16)17-9-6-7-10-19(17)25(20,4)5/h6-15H,1-5H3. The van der Waals surface area contributed by atoms with Crippen LogP contribution in [-0.2, 0) is 0 Å². The summed E-state index contributed by atoms with van der Waals surface area (Å²) in [5, 5.41) is 4.56. The molecule has 0 saturated heterocycles. The topological polar surface area (TPSA) is 12.9 Å². The Kier molecular flexibility index (Phi) is 3.64. The van der Waals surface area contributed by atoms with Gasteiger partial charge in [-0.25, -0.2) is 0 Å². The molecule has 25 heavy (non-hydrogen) atoms. The molecular formula is C22H25NSi2. The summed E-state index contributed by atoms with van der Waals surface area (Å²) in [6.07, 6.45) is 1.93. The molecule has 0 saturated carbocycles. The molecule has 0 amide bonds. The van der Waals surface area contributed by atoms with Crippen LogP contribution in [0.1, 0.15) is 0 Å². The van der Waals surface area contributed by atoms with Crippen molar-refractivity contribution in [2.75, 3.05) is 0 Å². The second-order valence-corrected chi connectivity index (χ2v) is 17.9. The molecule has 1 aromatic heterocycles. The maximum absolute atomic E-state index is 4.78. The lowest BCUT2D eigenvalue weighted by atomic mass is 10.0. The van der Waals surface area contributed by atoms with E-state index >= 15 is 0 Å². The van der Waals surface area contributed by atoms with Crippen LogP contribution in [0, 0.1) is 0 Å². The first-order valence-corrected chi connectivity index (χ1v) is 15.5. The molecule has 0 bridgehead atoms. The normalized spacial score (nSPS) is 14.9. The van der Waals surface area contributed by atoms with E-state index in [0.29, 0.717) is 0 Å². The predicted molar refractivity (Wildman–Crippen MR) is 115 cm³/mol. The van der Waals surface area contributed by atoms with Gasteiger partial charge >= 0.3 is 0 Å². The molecule has 1 aliphatic heterocycles. The second kappa shape index (κ2) is 5.51. The highest BCUT2D eigenvalue weighted by molar-refractivity contribution is 7.03. The van der Waals surface area contributed by atoms with Crippen LogP contribution in [0.5, 0.6) is 0 Å². The Balaban J connectivity index is 1.94.